The van der Waals surface area contributed by atoms with Gasteiger partial charge in [-0.1, -0.05) is 23.7 Å². The largest absolute Gasteiger partial charge is 0.354 e. The summed E-state index contributed by atoms with van der Waals surface area (Å²) in [5.41, 5.74) is 6.45. The van der Waals surface area contributed by atoms with Crippen LogP contribution in [0, 0.1) is 0 Å². The second kappa shape index (κ2) is 5.07. The fourth-order valence-corrected chi connectivity index (χ4v) is 1.81. The summed E-state index contributed by atoms with van der Waals surface area (Å²) in [5, 5.41) is 3.63. The molecule has 1 fully saturated rings. The monoisotopic (exact) mass is 252 g/mol. The summed E-state index contributed by atoms with van der Waals surface area (Å²) >= 11 is 5.80. The first-order chi connectivity index (χ1) is 8.10. The molecule has 92 valence electrons. The van der Waals surface area contributed by atoms with Crippen molar-refractivity contribution in [3.8, 4) is 0 Å². The number of amides is 1. The van der Waals surface area contributed by atoms with Crippen molar-refractivity contribution in [1.82, 2.24) is 5.32 Å². The molecule has 3 N–H and O–H groups in total. The lowest BCUT2D eigenvalue weighted by atomic mass is 10.1. The minimum absolute atomic E-state index is 0.00592. The van der Waals surface area contributed by atoms with Gasteiger partial charge in [0.25, 0.3) is 0 Å². The van der Waals surface area contributed by atoms with Gasteiger partial charge in [-0.05, 0) is 43.4 Å². The maximum Gasteiger partial charge on any atom is 0.240 e. The van der Waals surface area contributed by atoms with Gasteiger partial charge in [0, 0.05) is 11.6 Å². The van der Waals surface area contributed by atoms with E-state index in [-0.39, 0.29) is 5.91 Å². The average molecular weight is 253 g/mol. The van der Waals surface area contributed by atoms with Gasteiger partial charge in [-0.15, -0.1) is 0 Å². The Hall–Kier alpha value is -1.06. The first-order valence-electron chi connectivity index (χ1n) is 5.92. The molecule has 1 aliphatic carbocycles. The summed E-state index contributed by atoms with van der Waals surface area (Å²) in [7, 11) is 0. The van der Waals surface area contributed by atoms with Crippen LogP contribution in [0.15, 0.2) is 24.3 Å². The van der Waals surface area contributed by atoms with Crippen LogP contribution in [0.1, 0.15) is 24.8 Å². The zero-order valence-corrected chi connectivity index (χ0v) is 10.5. The van der Waals surface area contributed by atoms with Crippen molar-refractivity contribution in [3.05, 3.63) is 34.9 Å². The highest BCUT2D eigenvalue weighted by molar-refractivity contribution is 6.30. The lowest BCUT2D eigenvalue weighted by Gasteiger charge is -2.09. The quantitative estimate of drug-likeness (QED) is 0.787. The van der Waals surface area contributed by atoms with Gasteiger partial charge < -0.3 is 11.1 Å². The smallest absolute Gasteiger partial charge is 0.240 e. The molecule has 0 aromatic heterocycles. The van der Waals surface area contributed by atoms with Crippen molar-refractivity contribution in [1.29, 1.82) is 0 Å². The standard InChI is InChI=1S/C13H17ClN2O/c14-11-5-3-10(4-6-11)2-1-9-16-12(17)13(15)7-8-13/h3-6H,1-2,7-9,15H2,(H,16,17). The van der Waals surface area contributed by atoms with E-state index in [1.807, 2.05) is 24.3 Å². The molecule has 1 aromatic rings. The summed E-state index contributed by atoms with van der Waals surface area (Å²) in [6, 6.07) is 7.79. The molecule has 1 saturated carbocycles. The fraction of sp³-hybridized carbons (Fsp3) is 0.462. The second-order valence-electron chi connectivity index (χ2n) is 4.64. The Labute approximate surface area is 106 Å². The molecule has 0 saturated heterocycles. The summed E-state index contributed by atoms with van der Waals surface area (Å²) in [6.45, 7) is 0.681. The number of carbonyl (C=O) groups is 1. The Balaban J connectivity index is 1.66. The molecule has 2 rings (SSSR count). The topological polar surface area (TPSA) is 55.1 Å². The van der Waals surface area contributed by atoms with E-state index < -0.39 is 5.54 Å². The van der Waals surface area contributed by atoms with E-state index >= 15 is 0 Å². The number of halogens is 1. The van der Waals surface area contributed by atoms with Gasteiger partial charge in [0.2, 0.25) is 5.91 Å². The van der Waals surface area contributed by atoms with Crippen LogP contribution in [0.25, 0.3) is 0 Å². The predicted octanol–water partition coefficient (Wildman–Crippen LogP) is 1.88. The molecule has 0 spiro atoms. The van der Waals surface area contributed by atoms with Crippen LogP contribution in [0.2, 0.25) is 5.02 Å². The predicted molar refractivity (Wildman–Crippen MR) is 68.9 cm³/mol. The lowest BCUT2D eigenvalue weighted by molar-refractivity contribution is -0.123. The SMILES string of the molecule is NC1(C(=O)NCCCc2ccc(Cl)cc2)CC1. The maximum absolute atomic E-state index is 11.5. The van der Waals surface area contributed by atoms with Crippen LogP contribution in [-0.2, 0) is 11.2 Å². The zero-order valence-electron chi connectivity index (χ0n) is 9.71. The van der Waals surface area contributed by atoms with Crippen LogP contribution in [0.3, 0.4) is 0 Å². The van der Waals surface area contributed by atoms with E-state index in [1.54, 1.807) is 0 Å². The molecule has 0 heterocycles. The van der Waals surface area contributed by atoms with E-state index in [9.17, 15) is 4.79 Å². The Morgan fingerprint density at radius 1 is 1.35 bits per heavy atom. The van der Waals surface area contributed by atoms with E-state index in [1.165, 1.54) is 5.56 Å². The molecule has 17 heavy (non-hydrogen) atoms. The molecular weight excluding hydrogens is 236 g/mol. The first kappa shape index (κ1) is 12.4. The summed E-state index contributed by atoms with van der Waals surface area (Å²) in [5.74, 6) is -0.00592. The van der Waals surface area contributed by atoms with Crippen molar-refractivity contribution in [2.24, 2.45) is 5.73 Å². The van der Waals surface area contributed by atoms with Crippen LogP contribution in [0.5, 0.6) is 0 Å². The molecule has 0 atom stereocenters. The molecular formula is C13H17ClN2O. The first-order valence-corrected chi connectivity index (χ1v) is 6.30. The number of carbonyl (C=O) groups excluding carboxylic acids is 1. The summed E-state index contributed by atoms with van der Waals surface area (Å²) in [4.78, 5) is 11.5. The molecule has 0 radical (unpaired) electrons. The van der Waals surface area contributed by atoms with Crippen molar-refractivity contribution >= 4 is 17.5 Å². The van der Waals surface area contributed by atoms with Crippen molar-refractivity contribution in [3.63, 3.8) is 0 Å². The van der Waals surface area contributed by atoms with Crippen LogP contribution in [0.4, 0.5) is 0 Å². The van der Waals surface area contributed by atoms with E-state index in [0.29, 0.717) is 6.54 Å². The third kappa shape index (κ3) is 3.45. The average Bonchev–Trinajstić information content (AvgIpc) is 3.06. The van der Waals surface area contributed by atoms with Gasteiger partial charge in [0.1, 0.15) is 0 Å². The number of nitrogens with two attached hydrogens (primary N) is 1. The Morgan fingerprint density at radius 2 is 2.00 bits per heavy atom. The second-order valence-corrected chi connectivity index (χ2v) is 5.08. The van der Waals surface area contributed by atoms with Gasteiger partial charge in [0.15, 0.2) is 0 Å². The Morgan fingerprint density at radius 3 is 2.59 bits per heavy atom. The lowest BCUT2D eigenvalue weighted by Crippen LogP contribution is -2.43. The normalized spacial score (nSPS) is 16.6. The molecule has 3 nitrogen and oxygen atoms in total. The van der Waals surface area contributed by atoms with Gasteiger partial charge >= 0.3 is 0 Å². The van der Waals surface area contributed by atoms with Crippen molar-refractivity contribution in [2.45, 2.75) is 31.2 Å². The number of benzene rings is 1. The Bertz CT molecular complexity index is 398. The van der Waals surface area contributed by atoms with Gasteiger partial charge in [-0.3, -0.25) is 4.79 Å². The number of aryl methyl sites for hydroxylation is 1. The number of nitrogens with one attached hydrogen (secondary N) is 1. The number of rotatable bonds is 5. The van der Waals surface area contributed by atoms with Crippen LogP contribution < -0.4 is 11.1 Å². The Kier molecular flexibility index (Phi) is 3.69. The number of hydrogen-bond donors (Lipinski definition) is 2. The third-order valence-electron chi connectivity index (χ3n) is 3.08. The van der Waals surface area contributed by atoms with E-state index in [4.69, 9.17) is 17.3 Å². The maximum atomic E-state index is 11.5. The van der Waals surface area contributed by atoms with Gasteiger partial charge in [-0.25, -0.2) is 0 Å². The van der Waals surface area contributed by atoms with Crippen LogP contribution >= 0.6 is 11.6 Å². The van der Waals surface area contributed by atoms with E-state index in [2.05, 4.69) is 5.32 Å². The third-order valence-corrected chi connectivity index (χ3v) is 3.33. The fourth-order valence-electron chi connectivity index (χ4n) is 1.68. The highest BCUT2D eigenvalue weighted by Crippen LogP contribution is 2.31. The molecule has 1 aliphatic rings. The highest BCUT2D eigenvalue weighted by Gasteiger charge is 2.45. The molecule has 4 heteroatoms. The van der Waals surface area contributed by atoms with Crippen LogP contribution in [-0.4, -0.2) is 18.0 Å². The van der Waals surface area contributed by atoms with Crippen molar-refractivity contribution < 1.29 is 4.79 Å². The molecule has 0 aliphatic heterocycles. The summed E-state index contributed by atoms with van der Waals surface area (Å²) in [6.07, 6.45) is 3.49. The minimum atomic E-state index is -0.555. The van der Waals surface area contributed by atoms with Gasteiger partial charge in [-0.2, -0.15) is 0 Å². The minimum Gasteiger partial charge on any atom is -0.354 e. The van der Waals surface area contributed by atoms with E-state index in [0.717, 1.165) is 30.7 Å². The number of hydrogen-bond acceptors (Lipinski definition) is 2. The van der Waals surface area contributed by atoms with Crippen molar-refractivity contribution in [2.75, 3.05) is 6.54 Å². The summed E-state index contributed by atoms with van der Waals surface area (Å²) < 4.78 is 0. The molecule has 1 amide bonds. The zero-order chi connectivity index (χ0) is 12.3. The molecule has 0 unspecified atom stereocenters. The molecule has 1 aromatic carbocycles. The van der Waals surface area contributed by atoms with Gasteiger partial charge in [0.05, 0.1) is 5.54 Å². The highest BCUT2D eigenvalue weighted by atomic mass is 35.5. The molecule has 0 bridgehead atoms.